The fourth-order valence-electron chi connectivity index (χ4n) is 0.941. The number of hydrogen-bond donors (Lipinski definition) is 0. The molecule has 0 unspecified atom stereocenters. The molecule has 2 rings (SSSR count). The number of rotatable bonds is 1. The minimum atomic E-state index is 0.160. The van der Waals surface area contributed by atoms with Gasteiger partial charge in [-0.15, -0.1) is 5.10 Å². The van der Waals surface area contributed by atoms with Gasteiger partial charge < -0.3 is 0 Å². The molecule has 60 valence electrons. The first-order valence-electron chi connectivity index (χ1n) is 3.44. The predicted octanol–water partition coefficient (Wildman–Crippen LogP) is 0.245. The molecule has 0 aliphatic heterocycles. The van der Waals surface area contributed by atoms with E-state index in [1.807, 2.05) is 6.92 Å². The fourth-order valence-corrected chi connectivity index (χ4v) is 0.941. The van der Waals surface area contributed by atoms with Crippen LogP contribution in [-0.4, -0.2) is 25.9 Å². The summed E-state index contributed by atoms with van der Waals surface area (Å²) in [6.07, 6.45) is 4.05. The van der Waals surface area contributed by atoms with Crippen LogP contribution in [-0.2, 0) is 0 Å². The third-order valence-electron chi connectivity index (χ3n) is 1.44. The summed E-state index contributed by atoms with van der Waals surface area (Å²) < 4.78 is 1.49. The number of carbonyl (C=O) groups is 1. The zero-order chi connectivity index (χ0) is 8.55. The largest absolute Gasteiger partial charge is 0.294 e. The van der Waals surface area contributed by atoms with Crippen molar-refractivity contribution >= 4 is 12.1 Å². The molecule has 5 heteroatoms. The molecule has 0 radical (unpaired) electrons. The Morgan fingerprint density at radius 3 is 3.17 bits per heavy atom. The van der Waals surface area contributed by atoms with E-state index >= 15 is 0 Å². The van der Waals surface area contributed by atoms with Crippen molar-refractivity contribution in [2.75, 3.05) is 0 Å². The third kappa shape index (κ3) is 0.952. The lowest BCUT2D eigenvalue weighted by Gasteiger charge is -1.90. The Kier molecular flexibility index (Phi) is 1.36. The van der Waals surface area contributed by atoms with E-state index in [1.165, 1.54) is 4.52 Å². The maximum absolute atomic E-state index is 10.3. The first kappa shape index (κ1) is 6.90. The van der Waals surface area contributed by atoms with Crippen molar-refractivity contribution in [3.8, 4) is 0 Å². The van der Waals surface area contributed by atoms with Crippen LogP contribution in [0, 0.1) is 6.92 Å². The maximum Gasteiger partial charge on any atom is 0.252 e. The molecule has 0 bridgehead atoms. The normalized spacial score (nSPS) is 10.4. The summed E-state index contributed by atoms with van der Waals surface area (Å²) in [5.41, 5.74) is 0.977. The molecule has 0 saturated carbocycles. The Bertz CT molecular complexity index is 434. The first-order valence-corrected chi connectivity index (χ1v) is 3.44. The van der Waals surface area contributed by atoms with Crippen LogP contribution in [0.5, 0.6) is 0 Å². The third-order valence-corrected chi connectivity index (χ3v) is 1.44. The van der Waals surface area contributed by atoms with Gasteiger partial charge in [0.25, 0.3) is 5.78 Å². The maximum atomic E-state index is 10.3. The molecular formula is C7H6N4O. The minimum absolute atomic E-state index is 0.160. The molecule has 0 amide bonds. The Labute approximate surface area is 68.1 Å². The number of hydrogen-bond acceptors (Lipinski definition) is 4. The van der Waals surface area contributed by atoms with Gasteiger partial charge in [-0.05, 0) is 12.5 Å². The molecule has 0 atom stereocenters. The van der Waals surface area contributed by atoms with Crippen LogP contribution in [0.3, 0.4) is 0 Å². The topological polar surface area (TPSA) is 60.2 Å². The summed E-state index contributed by atoms with van der Waals surface area (Å²) in [5, 5.41) is 3.87. The molecule has 0 saturated heterocycles. The number of aryl methyl sites for hydroxylation is 1. The van der Waals surface area contributed by atoms with Crippen LogP contribution in [0.25, 0.3) is 5.78 Å². The lowest BCUT2D eigenvalue weighted by atomic mass is 10.4. The molecule has 2 aromatic rings. The minimum Gasteiger partial charge on any atom is -0.294 e. The SMILES string of the molecule is Cc1cnc2nc(C=O)nn2c1. The second kappa shape index (κ2) is 2.37. The highest BCUT2D eigenvalue weighted by molar-refractivity contribution is 5.69. The molecule has 5 nitrogen and oxygen atoms in total. The van der Waals surface area contributed by atoms with Crippen molar-refractivity contribution in [2.45, 2.75) is 6.92 Å². The molecule has 0 spiro atoms. The quantitative estimate of drug-likeness (QED) is 0.564. The van der Waals surface area contributed by atoms with Crippen molar-refractivity contribution in [2.24, 2.45) is 0 Å². The highest BCUT2D eigenvalue weighted by atomic mass is 16.1. The molecule has 0 aromatic carbocycles. The summed E-state index contributed by atoms with van der Waals surface area (Å²) >= 11 is 0. The van der Waals surface area contributed by atoms with E-state index in [1.54, 1.807) is 12.4 Å². The Hall–Kier alpha value is -1.78. The Morgan fingerprint density at radius 1 is 1.58 bits per heavy atom. The standard InChI is InChI=1S/C7H6N4O/c1-5-2-8-7-9-6(4-12)10-11(7)3-5/h2-4H,1H3. The van der Waals surface area contributed by atoms with Crippen LogP contribution >= 0.6 is 0 Å². The monoisotopic (exact) mass is 162 g/mol. The molecule has 0 aliphatic rings. The fraction of sp³-hybridized carbons (Fsp3) is 0.143. The van der Waals surface area contributed by atoms with E-state index < -0.39 is 0 Å². The van der Waals surface area contributed by atoms with Crippen molar-refractivity contribution < 1.29 is 4.79 Å². The van der Waals surface area contributed by atoms with E-state index in [2.05, 4.69) is 15.1 Å². The molecule has 2 heterocycles. The van der Waals surface area contributed by atoms with Crippen molar-refractivity contribution in [1.82, 2.24) is 19.6 Å². The van der Waals surface area contributed by atoms with Gasteiger partial charge in [0.2, 0.25) is 5.82 Å². The number of aromatic nitrogens is 4. The zero-order valence-corrected chi connectivity index (χ0v) is 6.43. The van der Waals surface area contributed by atoms with Crippen LogP contribution in [0.4, 0.5) is 0 Å². The van der Waals surface area contributed by atoms with Gasteiger partial charge in [0.05, 0.1) is 0 Å². The van der Waals surface area contributed by atoms with Crippen molar-refractivity contribution in [3.05, 3.63) is 23.8 Å². The summed E-state index contributed by atoms with van der Waals surface area (Å²) in [6, 6.07) is 0. The molecule has 2 aromatic heterocycles. The van der Waals surface area contributed by atoms with Crippen molar-refractivity contribution in [3.63, 3.8) is 0 Å². The zero-order valence-electron chi connectivity index (χ0n) is 6.43. The Morgan fingerprint density at radius 2 is 2.42 bits per heavy atom. The highest BCUT2D eigenvalue weighted by Gasteiger charge is 2.01. The van der Waals surface area contributed by atoms with E-state index in [-0.39, 0.29) is 5.82 Å². The molecular weight excluding hydrogens is 156 g/mol. The highest BCUT2D eigenvalue weighted by Crippen LogP contribution is 1.98. The van der Waals surface area contributed by atoms with Gasteiger partial charge in [-0.3, -0.25) is 4.79 Å². The second-order valence-corrected chi connectivity index (χ2v) is 2.46. The van der Waals surface area contributed by atoms with E-state index in [0.717, 1.165) is 5.56 Å². The summed E-state index contributed by atoms with van der Waals surface area (Å²) in [5.74, 6) is 0.607. The van der Waals surface area contributed by atoms with Gasteiger partial charge in [0.1, 0.15) is 0 Å². The smallest absolute Gasteiger partial charge is 0.252 e. The van der Waals surface area contributed by atoms with Gasteiger partial charge in [-0.2, -0.15) is 4.98 Å². The first-order chi connectivity index (χ1) is 5.79. The van der Waals surface area contributed by atoms with Gasteiger partial charge in [-0.1, -0.05) is 0 Å². The molecule has 0 N–H and O–H groups in total. The summed E-state index contributed by atoms with van der Waals surface area (Å²) in [6.45, 7) is 1.90. The molecule has 12 heavy (non-hydrogen) atoms. The van der Waals surface area contributed by atoms with Crippen LogP contribution < -0.4 is 0 Å². The number of aldehydes is 1. The van der Waals surface area contributed by atoms with Gasteiger partial charge in [0, 0.05) is 12.4 Å². The van der Waals surface area contributed by atoms with Crippen LogP contribution in [0.15, 0.2) is 12.4 Å². The van der Waals surface area contributed by atoms with Crippen LogP contribution in [0.1, 0.15) is 16.2 Å². The second-order valence-electron chi connectivity index (χ2n) is 2.46. The van der Waals surface area contributed by atoms with Gasteiger partial charge in [-0.25, -0.2) is 9.50 Å². The number of nitrogens with zero attached hydrogens (tertiary/aromatic N) is 4. The molecule has 0 fully saturated rings. The van der Waals surface area contributed by atoms with E-state index in [9.17, 15) is 4.79 Å². The van der Waals surface area contributed by atoms with E-state index in [4.69, 9.17) is 0 Å². The lowest BCUT2D eigenvalue weighted by molar-refractivity contribution is 0.111. The average molecular weight is 162 g/mol. The lowest BCUT2D eigenvalue weighted by Crippen LogP contribution is -1.91. The summed E-state index contributed by atoms with van der Waals surface area (Å²) in [7, 11) is 0. The van der Waals surface area contributed by atoms with Gasteiger partial charge in [0.15, 0.2) is 6.29 Å². The van der Waals surface area contributed by atoms with Crippen molar-refractivity contribution in [1.29, 1.82) is 0 Å². The number of carbonyl (C=O) groups excluding carboxylic acids is 1. The summed E-state index contributed by atoms with van der Waals surface area (Å²) in [4.78, 5) is 18.1. The van der Waals surface area contributed by atoms with Crippen LogP contribution in [0.2, 0.25) is 0 Å². The van der Waals surface area contributed by atoms with E-state index in [0.29, 0.717) is 12.1 Å². The number of fused-ring (bicyclic) bond motifs is 1. The Balaban J connectivity index is 2.75. The predicted molar refractivity (Wildman–Crippen MR) is 40.9 cm³/mol. The average Bonchev–Trinajstić information content (AvgIpc) is 2.46. The molecule has 0 aliphatic carbocycles. The van der Waals surface area contributed by atoms with Gasteiger partial charge >= 0.3 is 0 Å².